The first-order chi connectivity index (χ1) is 13.0. The standard InChI is InChI=1S/C18H18F2N4O3/c1-3-11-15-14(10(8-21)16(22)27-17(15)24-23-11)9-5-6-12(26-18(19)20)13(7-9)25-4-2/h5-7,14,18H,3-4,22H2,1-2H3,(H,23,24)/t14-/m1/s1. The van der Waals surface area contributed by atoms with Gasteiger partial charge in [0, 0.05) is 11.3 Å². The van der Waals surface area contributed by atoms with Crippen LogP contribution < -0.4 is 19.9 Å². The number of ether oxygens (including phenoxy) is 3. The zero-order valence-electron chi connectivity index (χ0n) is 14.8. The van der Waals surface area contributed by atoms with E-state index in [0.29, 0.717) is 23.4 Å². The van der Waals surface area contributed by atoms with Crippen LogP contribution in [-0.4, -0.2) is 23.4 Å². The quantitative estimate of drug-likeness (QED) is 0.802. The number of benzene rings is 1. The maximum atomic E-state index is 12.6. The van der Waals surface area contributed by atoms with Crippen LogP contribution in [0.1, 0.15) is 36.6 Å². The number of hydrogen-bond acceptors (Lipinski definition) is 6. The number of rotatable bonds is 6. The third-order valence-corrected chi connectivity index (χ3v) is 4.19. The van der Waals surface area contributed by atoms with Crippen LogP contribution in [-0.2, 0) is 6.42 Å². The van der Waals surface area contributed by atoms with Crippen LogP contribution in [0.3, 0.4) is 0 Å². The Balaban J connectivity index is 2.15. The van der Waals surface area contributed by atoms with Crippen LogP contribution in [0, 0.1) is 11.3 Å². The van der Waals surface area contributed by atoms with Crippen LogP contribution in [0.25, 0.3) is 0 Å². The summed E-state index contributed by atoms with van der Waals surface area (Å²) in [5.74, 6) is -0.247. The molecule has 0 aliphatic carbocycles. The highest BCUT2D eigenvalue weighted by Crippen LogP contribution is 2.44. The number of fused-ring (bicyclic) bond motifs is 1. The molecule has 3 N–H and O–H groups in total. The topological polar surface area (TPSA) is 106 Å². The Morgan fingerprint density at radius 1 is 1.37 bits per heavy atom. The Bertz CT molecular complexity index is 918. The van der Waals surface area contributed by atoms with E-state index in [2.05, 4.69) is 21.0 Å². The van der Waals surface area contributed by atoms with Gasteiger partial charge in [-0.3, -0.25) is 5.10 Å². The fourth-order valence-electron chi connectivity index (χ4n) is 3.08. The Morgan fingerprint density at radius 2 is 2.15 bits per heavy atom. The Hall–Kier alpha value is -3.28. The number of allylic oxidation sites excluding steroid dienone is 1. The molecule has 2 aromatic rings. The molecule has 0 amide bonds. The van der Waals surface area contributed by atoms with Gasteiger partial charge in [-0.2, -0.15) is 14.0 Å². The van der Waals surface area contributed by atoms with Gasteiger partial charge in [-0.15, -0.1) is 5.10 Å². The van der Waals surface area contributed by atoms with Gasteiger partial charge in [0.1, 0.15) is 11.6 Å². The van der Waals surface area contributed by atoms with E-state index in [1.807, 2.05) is 6.92 Å². The summed E-state index contributed by atoms with van der Waals surface area (Å²) < 4.78 is 40.7. The highest BCUT2D eigenvalue weighted by molar-refractivity contribution is 5.57. The number of H-pyrrole nitrogens is 1. The average molecular weight is 376 g/mol. The molecule has 0 unspecified atom stereocenters. The molecular formula is C18H18F2N4O3. The fourth-order valence-corrected chi connectivity index (χ4v) is 3.08. The van der Waals surface area contributed by atoms with E-state index in [0.717, 1.165) is 5.69 Å². The molecule has 0 fully saturated rings. The lowest BCUT2D eigenvalue weighted by atomic mass is 9.83. The van der Waals surface area contributed by atoms with Gasteiger partial charge in [0.15, 0.2) is 11.5 Å². The summed E-state index contributed by atoms with van der Waals surface area (Å²) in [4.78, 5) is 0. The summed E-state index contributed by atoms with van der Waals surface area (Å²) in [5, 5.41) is 16.6. The monoisotopic (exact) mass is 376 g/mol. The first-order valence-electron chi connectivity index (χ1n) is 8.36. The molecule has 1 aromatic carbocycles. The molecule has 0 bridgehead atoms. The van der Waals surface area contributed by atoms with E-state index in [1.54, 1.807) is 19.1 Å². The van der Waals surface area contributed by atoms with Crippen molar-refractivity contribution < 1.29 is 23.0 Å². The molecule has 0 spiro atoms. The summed E-state index contributed by atoms with van der Waals surface area (Å²) in [5.41, 5.74) is 8.22. The number of halogens is 2. The SMILES string of the molecule is CCOc1cc([C@@H]2C(C#N)=C(N)Oc3n[nH]c(CC)c32)ccc1OC(F)F. The van der Waals surface area contributed by atoms with Crippen molar-refractivity contribution >= 4 is 0 Å². The second-order valence-electron chi connectivity index (χ2n) is 5.72. The Morgan fingerprint density at radius 3 is 2.78 bits per heavy atom. The lowest BCUT2D eigenvalue weighted by Crippen LogP contribution is -2.21. The van der Waals surface area contributed by atoms with Crippen molar-refractivity contribution in [2.75, 3.05) is 6.61 Å². The number of aromatic nitrogens is 2. The van der Waals surface area contributed by atoms with Crippen LogP contribution in [0.15, 0.2) is 29.7 Å². The number of nitriles is 1. The number of aryl methyl sites for hydroxylation is 1. The minimum absolute atomic E-state index is 0.0463. The van der Waals surface area contributed by atoms with Crippen LogP contribution in [0.2, 0.25) is 0 Å². The van der Waals surface area contributed by atoms with E-state index < -0.39 is 12.5 Å². The lowest BCUT2D eigenvalue weighted by molar-refractivity contribution is -0.0514. The lowest BCUT2D eigenvalue weighted by Gasteiger charge is -2.24. The Kier molecular flexibility index (Phi) is 5.16. The molecule has 9 heteroatoms. The maximum Gasteiger partial charge on any atom is 0.387 e. The molecule has 1 aromatic heterocycles. The zero-order valence-corrected chi connectivity index (χ0v) is 14.8. The van der Waals surface area contributed by atoms with Crippen molar-refractivity contribution in [3.8, 4) is 23.4 Å². The smallest absolute Gasteiger partial charge is 0.387 e. The van der Waals surface area contributed by atoms with Crippen molar-refractivity contribution in [3.05, 3.63) is 46.5 Å². The number of nitrogens with two attached hydrogens (primary N) is 1. The largest absolute Gasteiger partial charge is 0.490 e. The van der Waals surface area contributed by atoms with E-state index in [4.69, 9.17) is 15.2 Å². The van der Waals surface area contributed by atoms with Gasteiger partial charge in [-0.25, -0.2) is 0 Å². The highest BCUT2D eigenvalue weighted by atomic mass is 19.3. The molecule has 0 radical (unpaired) electrons. The number of nitrogens with one attached hydrogen (secondary N) is 1. The van der Waals surface area contributed by atoms with Crippen molar-refractivity contribution in [2.45, 2.75) is 32.8 Å². The van der Waals surface area contributed by atoms with E-state index in [9.17, 15) is 14.0 Å². The number of alkyl halides is 2. The van der Waals surface area contributed by atoms with Crippen LogP contribution in [0.4, 0.5) is 8.78 Å². The van der Waals surface area contributed by atoms with Gasteiger partial charge in [-0.05, 0) is 31.0 Å². The molecule has 1 aliphatic rings. The Labute approximate surface area is 154 Å². The molecular weight excluding hydrogens is 358 g/mol. The predicted octanol–water partition coefficient (Wildman–Crippen LogP) is 3.19. The number of nitrogens with zero attached hydrogens (tertiary/aromatic N) is 2. The normalized spacial score (nSPS) is 15.9. The molecule has 3 rings (SSSR count). The second kappa shape index (κ2) is 7.53. The molecule has 7 nitrogen and oxygen atoms in total. The van der Waals surface area contributed by atoms with Gasteiger partial charge in [0.05, 0.1) is 12.5 Å². The van der Waals surface area contributed by atoms with Crippen molar-refractivity contribution in [3.63, 3.8) is 0 Å². The second-order valence-corrected chi connectivity index (χ2v) is 5.72. The fraction of sp³-hybridized carbons (Fsp3) is 0.333. The molecule has 142 valence electrons. The molecule has 0 saturated carbocycles. The van der Waals surface area contributed by atoms with Gasteiger partial charge in [0.25, 0.3) is 0 Å². The maximum absolute atomic E-state index is 12.6. The molecule has 1 aliphatic heterocycles. The number of aromatic amines is 1. The van der Waals surface area contributed by atoms with Gasteiger partial charge < -0.3 is 19.9 Å². The van der Waals surface area contributed by atoms with Crippen molar-refractivity contribution in [1.82, 2.24) is 10.2 Å². The first kappa shape index (κ1) is 18.5. The molecule has 2 heterocycles. The molecule has 27 heavy (non-hydrogen) atoms. The van der Waals surface area contributed by atoms with Crippen molar-refractivity contribution in [2.24, 2.45) is 5.73 Å². The average Bonchev–Trinajstić information content (AvgIpc) is 3.04. The number of hydrogen-bond donors (Lipinski definition) is 2. The summed E-state index contributed by atoms with van der Waals surface area (Å²) in [6.45, 7) is 0.950. The van der Waals surface area contributed by atoms with Crippen LogP contribution >= 0.6 is 0 Å². The van der Waals surface area contributed by atoms with Gasteiger partial charge >= 0.3 is 6.61 Å². The summed E-state index contributed by atoms with van der Waals surface area (Å²) in [6.07, 6.45) is 0.631. The highest BCUT2D eigenvalue weighted by Gasteiger charge is 2.35. The summed E-state index contributed by atoms with van der Waals surface area (Å²) in [7, 11) is 0. The van der Waals surface area contributed by atoms with E-state index in [-0.39, 0.29) is 29.6 Å². The third kappa shape index (κ3) is 3.38. The predicted molar refractivity (Wildman–Crippen MR) is 91.5 cm³/mol. The van der Waals surface area contributed by atoms with Gasteiger partial charge in [0.2, 0.25) is 11.8 Å². The molecule has 1 atom stereocenters. The zero-order chi connectivity index (χ0) is 19.6. The third-order valence-electron chi connectivity index (χ3n) is 4.19. The summed E-state index contributed by atoms with van der Waals surface area (Å²) >= 11 is 0. The first-order valence-corrected chi connectivity index (χ1v) is 8.36. The van der Waals surface area contributed by atoms with E-state index in [1.165, 1.54) is 6.07 Å². The minimum atomic E-state index is -2.98. The van der Waals surface area contributed by atoms with Crippen LogP contribution in [0.5, 0.6) is 17.4 Å². The summed E-state index contributed by atoms with van der Waals surface area (Å²) in [6, 6.07) is 6.63. The minimum Gasteiger partial charge on any atom is -0.490 e. The van der Waals surface area contributed by atoms with E-state index >= 15 is 0 Å². The van der Waals surface area contributed by atoms with Crippen molar-refractivity contribution in [1.29, 1.82) is 5.26 Å². The van der Waals surface area contributed by atoms with Gasteiger partial charge in [-0.1, -0.05) is 13.0 Å². The molecule has 0 saturated heterocycles.